The third kappa shape index (κ3) is 1.78. The van der Waals surface area contributed by atoms with Crippen LogP contribution in [-0.2, 0) is 9.53 Å². The first-order chi connectivity index (χ1) is 6.79. The largest absolute Gasteiger partial charge is 0.368 e. The van der Waals surface area contributed by atoms with Crippen LogP contribution in [0.4, 0.5) is 5.13 Å². The highest BCUT2D eigenvalue weighted by atomic mass is 32.1. The maximum absolute atomic E-state index is 11.8. The smallest absolute Gasteiger partial charge is 0.257 e. The second kappa shape index (κ2) is 4.06. The minimum atomic E-state index is -0.260. The van der Waals surface area contributed by atoms with Gasteiger partial charge in [0.05, 0.1) is 0 Å². The van der Waals surface area contributed by atoms with Crippen LogP contribution in [0.3, 0.4) is 0 Å². The van der Waals surface area contributed by atoms with Gasteiger partial charge in [0.25, 0.3) is 5.91 Å². The zero-order chi connectivity index (χ0) is 9.97. The first kappa shape index (κ1) is 9.61. The van der Waals surface area contributed by atoms with Crippen LogP contribution >= 0.6 is 11.3 Å². The van der Waals surface area contributed by atoms with Crippen LogP contribution in [0, 0.1) is 0 Å². The number of thiazole rings is 1. The molecule has 1 unspecified atom stereocenters. The van der Waals surface area contributed by atoms with Crippen LogP contribution < -0.4 is 4.90 Å². The molecule has 0 saturated carbocycles. The van der Waals surface area contributed by atoms with Crippen molar-refractivity contribution in [1.82, 2.24) is 4.98 Å². The summed E-state index contributed by atoms with van der Waals surface area (Å²) in [6.07, 6.45) is 3.24. The maximum Gasteiger partial charge on any atom is 0.257 e. The molecule has 0 aliphatic carbocycles. The van der Waals surface area contributed by atoms with Gasteiger partial charge in [-0.05, 0) is 12.8 Å². The Labute approximate surface area is 86.5 Å². The van der Waals surface area contributed by atoms with E-state index in [-0.39, 0.29) is 12.0 Å². The molecule has 1 aromatic rings. The van der Waals surface area contributed by atoms with E-state index in [1.54, 1.807) is 18.1 Å². The van der Waals surface area contributed by atoms with Crippen LogP contribution in [0.2, 0.25) is 0 Å². The highest BCUT2D eigenvalue weighted by Gasteiger charge is 2.27. The molecule has 1 atom stereocenters. The van der Waals surface area contributed by atoms with E-state index < -0.39 is 0 Å². The minimum absolute atomic E-state index is 0.0115. The molecule has 5 heteroatoms. The maximum atomic E-state index is 11.8. The minimum Gasteiger partial charge on any atom is -0.368 e. The van der Waals surface area contributed by atoms with Gasteiger partial charge in [0.2, 0.25) is 0 Å². The number of hydrogen-bond acceptors (Lipinski definition) is 4. The van der Waals surface area contributed by atoms with Crippen LogP contribution in [0.25, 0.3) is 0 Å². The number of ether oxygens (including phenoxy) is 1. The fourth-order valence-electron chi connectivity index (χ4n) is 1.46. The lowest BCUT2D eigenvalue weighted by Gasteiger charge is -2.17. The summed E-state index contributed by atoms with van der Waals surface area (Å²) in [5.41, 5.74) is 0. The number of carbonyl (C=O) groups excluding carboxylic acids is 1. The Kier molecular flexibility index (Phi) is 2.79. The fraction of sp³-hybridized carbons (Fsp3) is 0.556. The molecule has 0 aromatic carbocycles. The fourth-order valence-corrected chi connectivity index (χ4v) is 2.08. The Balaban J connectivity index is 2.04. The van der Waals surface area contributed by atoms with E-state index in [4.69, 9.17) is 4.74 Å². The molecule has 4 nitrogen and oxygen atoms in total. The number of likely N-dealkylation sites (N-methyl/N-ethyl adjacent to an activating group) is 1. The van der Waals surface area contributed by atoms with Crippen LogP contribution in [0.1, 0.15) is 12.8 Å². The van der Waals surface area contributed by atoms with Gasteiger partial charge in [-0.15, -0.1) is 11.3 Å². The van der Waals surface area contributed by atoms with Crippen molar-refractivity contribution in [1.29, 1.82) is 0 Å². The quantitative estimate of drug-likeness (QED) is 0.741. The van der Waals surface area contributed by atoms with Crippen molar-refractivity contribution in [2.75, 3.05) is 18.6 Å². The second-order valence-electron chi connectivity index (χ2n) is 3.21. The van der Waals surface area contributed by atoms with Crippen molar-refractivity contribution in [3.8, 4) is 0 Å². The van der Waals surface area contributed by atoms with Gasteiger partial charge in [0.15, 0.2) is 5.13 Å². The van der Waals surface area contributed by atoms with E-state index in [1.165, 1.54) is 11.3 Å². The highest BCUT2D eigenvalue weighted by Crippen LogP contribution is 2.20. The Morgan fingerprint density at radius 3 is 3.21 bits per heavy atom. The number of carbonyl (C=O) groups is 1. The molecular formula is C9H12N2O2S. The Morgan fingerprint density at radius 1 is 1.79 bits per heavy atom. The lowest BCUT2D eigenvalue weighted by atomic mass is 10.2. The van der Waals surface area contributed by atoms with Crippen molar-refractivity contribution in [3.63, 3.8) is 0 Å². The van der Waals surface area contributed by atoms with Crippen LogP contribution in [0.5, 0.6) is 0 Å². The zero-order valence-corrected chi connectivity index (χ0v) is 8.79. The molecule has 76 valence electrons. The molecule has 2 rings (SSSR count). The van der Waals surface area contributed by atoms with E-state index in [0.717, 1.165) is 18.0 Å². The van der Waals surface area contributed by atoms with E-state index >= 15 is 0 Å². The summed E-state index contributed by atoms with van der Waals surface area (Å²) in [4.78, 5) is 17.5. The average Bonchev–Trinajstić information content (AvgIpc) is 2.87. The summed E-state index contributed by atoms with van der Waals surface area (Å²) in [5, 5.41) is 2.58. The zero-order valence-electron chi connectivity index (χ0n) is 7.97. The first-order valence-corrected chi connectivity index (χ1v) is 5.45. The summed E-state index contributed by atoms with van der Waals surface area (Å²) < 4.78 is 5.32. The number of amides is 1. The van der Waals surface area contributed by atoms with E-state index in [9.17, 15) is 4.79 Å². The van der Waals surface area contributed by atoms with Gasteiger partial charge in [-0.3, -0.25) is 9.69 Å². The number of aromatic nitrogens is 1. The summed E-state index contributed by atoms with van der Waals surface area (Å²) >= 11 is 1.46. The number of nitrogens with zero attached hydrogens (tertiary/aromatic N) is 2. The molecule has 0 N–H and O–H groups in total. The molecule has 1 aliphatic heterocycles. The summed E-state index contributed by atoms with van der Waals surface area (Å²) in [6.45, 7) is 0.697. The number of anilines is 1. The van der Waals surface area contributed by atoms with Crippen molar-refractivity contribution < 1.29 is 9.53 Å². The Morgan fingerprint density at radius 2 is 2.64 bits per heavy atom. The van der Waals surface area contributed by atoms with Crippen molar-refractivity contribution in [3.05, 3.63) is 11.6 Å². The van der Waals surface area contributed by atoms with Gasteiger partial charge < -0.3 is 4.74 Å². The van der Waals surface area contributed by atoms with Gasteiger partial charge >= 0.3 is 0 Å². The number of rotatable bonds is 2. The predicted octanol–water partition coefficient (Wildman–Crippen LogP) is 1.28. The topological polar surface area (TPSA) is 42.4 Å². The third-order valence-electron chi connectivity index (χ3n) is 2.24. The molecular weight excluding hydrogens is 200 g/mol. The monoisotopic (exact) mass is 212 g/mol. The predicted molar refractivity (Wildman–Crippen MR) is 54.5 cm³/mol. The second-order valence-corrected chi connectivity index (χ2v) is 4.09. The van der Waals surface area contributed by atoms with Crippen molar-refractivity contribution >= 4 is 22.4 Å². The molecule has 14 heavy (non-hydrogen) atoms. The molecule has 0 bridgehead atoms. The van der Waals surface area contributed by atoms with E-state index in [2.05, 4.69) is 4.98 Å². The standard InChI is InChI=1S/C9H12N2O2S/c1-11(9-10-4-6-14-9)8(12)7-3-2-5-13-7/h4,6-7H,2-3,5H2,1H3. The van der Waals surface area contributed by atoms with Gasteiger partial charge in [-0.25, -0.2) is 4.98 Å². The third-order valence-corrected chi connectivity index (χ3v) is 3.09. The molecule has 1 aromatic heterocycles. The Bertz CT molecular complexity index is 307. The Hall–Kier alpha value is -0.940. The molecule has 1 aliphatic rings. The summed E-state index contributed by atoms with van der Waals surface area (Å²) in [6, 6.07) is 0. The van der Waals surface area contributed by atoms with E-state index in [0.29, 0.717) is 6.61 Å². The van der Waals surface area contributed by atoms with Gasteiger partial charge in [-0.2, -0.15) is 0 Å². The summed E-state index contributed by atoms with van der Waals surface area (Å²) in [7, 11) is 1.74. The summed E-state index contributed by atoms with van der Waals surface area (Å²) in [5.74, 6) is 0.0115. The SMILES string of the molecule is CN(C(=O)C1CCCO1)c1nccs1. The molecule has 0 spiro atoms. The molecule has 2 heterocycles. The van der Waals surface area contributed by atoms with Gasteiger partial charge in [-0.1, -0.05) is 0 Å². The first-order valence-electron chi connectivity index (χ1n) is 4.57. The van der Waals surface area contributed by atoms with Crippen molar-refractivity contribution in [2.24, 2.45) is 0 Å². The number of hydrogen-bond donors (Lipinski definition) is 0. The van der Waals surface area contributed by atoms with E-state index in [1.807, 2.05) is 5.38 Å². The molecule has 0 radical (unpaired) electrons. The van der Waals surface area contributed by atoms with Crippen LogP contribution in [0.15, 0.2) is 11.6 Å². The highest BCUT2D eigenvalue weighted by molar-refractivity contribution is 7.13. The van der Waals surface area contributed by atoms with Crippen molar-refractivity contribution in [2.45, 2.75) is 18.9 Å². The average molecular weight is 212 g/mol. The lowest BCUT2D eigenvalue weighted by molar-refractivity contribution is -0.127. The van der Waals surface area contributed by atoms with Gasteiger partial charge in [0.1, 0.15) is 6.10 Å². The lowest BCUT2D eigenvalue weighted by Crippen LogP contribution is -2.35. The van der Waals surface area contributed by atoms with Gasteiger partial charge in [0, 0.05) is 25.2 Å². The molecule has 1 amide bonds. The molecule has 1 fully saturated rings. The van der Waals surface area contributed by atoms with Crippen LogP contribution in [-0.4, -0.2) is 30.6 Å². The molecule has 1 saturated heterocycles. The normalized spacial score (nSPS) is 21.1.